The molecule has 1 saturated heterocycles. The van der Waals surface area contributed by atoms with Gasteiger partial charge >= 0.3 is 5.97 Å². The zero-order valence-electron chi connectivity index (χ0n) is 16.8. The van der Waals surface area contributed by atoms with E-state index < -0.39 is 5.97 Å². The molecule has 4 nitrogen and oxygen atoms in total. The maximum absolute atomic E-state index is 12.4. The smallest absolute Gasteiger partial charge is 0.338 e. The Kier molecular flexibility index (Phi) is 7.62. The topological polar surface area (TPSA) is 46.6 Å². The fourth-order valence-electron chi connectivity index (χ4n) is 3.60. The van der Waals surface area contributed by atoms with Crippen molar-refractivity contribution in [1.29, 1.82) is 0 Å². The number of benzene rings is 2. The normalized spacial score (nSPS) is 19.1. The molecule has 1 aliphatic rings. The van der Waals surface area contributed by atoms with Crippen LogP contribution < -0.4 is 0 Å². The summed E-state index contributed by atoms with van der Waals surface area (Å²) in [5.41, 5.74) is 1.56. The third kappa shape index (κ3) is 6.51. The van der Waals surface area contributed by atoms with Crippen LogP contribution in [0.15, 0.2) is 53.4 Å². The van der Waals surface area contributed by atoms with E-state index in [0.717, 1.165) is 40.7 Å². The molecule has 1 fully saturated rings. The molecule has 0 bridgehead atoms. The SMILES string of the molecule is CC1CC(C)CN(C(=O)COC(=O)c2ccc(CSc3ccc(Cl)cc3)cc2)C1. The van der Waals surface area contributed by atoms with Gasteiger partial charge in [0, 0.05) is 28.8 Å². The molecule has 1 heterocycles. The summed E-state index contributed by atoms with van der Waals surface area (Å²) in [5, 5.41) is 0.722. The first-order valence-electron chi connectivity index (χ1n) is 9.83. The Labute approximate surface area is 181 Å². The fourth-order valence-corrected chi connectivity index (χ4v) is 4.58. The quantitative estimate of drug-likeness (QED) is 0.460. The van der Waals surface area contributed by atoms with Crippen LogP contribution in [0.4, 0.5) is 0 Å². The van der Waals surface area contributed by atoms with Gasteiger partial charge in [-0.15, -0.1) is 11.8 Å². The summed E-state index contributed by atoms with van der Waals surface area (Å²) in [6, 6.07) is 15.0. The minimum Gasteiger partial charge on any atom is -0.452 e. The number of hydrogen-bond donors (Lipinski definition) is 0. The van der Waals surface area contributed by atoms with Gasteiger partial charge in [-0.25, -0.2) is 4.79 Å². The van der Waals surface area contributed by atoms with Crippen molar-refractivity contribution in [1.82, 2.24) is 4.90 Å². The van der Waals surface area contributed by atoms with Gasteiger partial charge in [-0.05, 0) is 60.2 Å². The summed E-state index contributed by atoms with van der Waals surface area (Å²) in [7, 11) is 0. The number of rotatable bonds is 6. The average molecular weight is 432 g/mol. The number of likely N-dealkylation sites (tertiary alicyclic amines) is 1. The standard InChI is InChI=1S/C23H26ClNO3S/c1-16-11-17(2)13-25(12-16)22(26)14-28-23(27)19-5-3-18(4-6-19)15-29-21-9-7-20(24)8-10-21/h3-10,16-17H,11-15H2,1-2H3. The lowest BCUT2D eigenvalue weighted by Crippen LogP contribution is -2.44. The highest BCUT2D eigenvalue weighted by Gasteiger charge is 2.26. The number of nitrogens with zero attached hydrogens (tertiary/aromatic N) is 1. The lowest BCUT2D eigenvalue weighted by Gasteiger charge is -2.34. The van der Waals surface area contributed by atoms with Crippen LogP contribution in [0.25, 0.3) is 0 Å². The minimum atomic E-state index is -0.464. The maximum atomic E-state index is 12.4. The van der Waals surface area contributed by atoms with E-state index in [2.05, 4.69) is 13.8 Å². The molecule has 0 saturated carbocycles. The Morgan fingerprint density at radius 3 is 2.28 bits per heavy atom. The van der Waals surface area contributed by atoms with Gasteiger partial charge in [0.15, 0.2) is 6.61 Å². The Balaban J connectivity index is 1.47. The number of amides is 1. The molecule has 154 valence electrons. The van der Waals surface area contributed by atoms with Gasteiger partial charge in [0.25, 0.3) is 5.91 Å². The molecule has 2 atom stereocenters. The molecule has 0 radical (unpaired) electrons. The lowest BCUT2D eigenvalue weighted by atomic mass is 9.92. The van der Waals surface area contributed by atoms with Gasteiger partial charge in [-0.2, -0.15) is 0 Å². The second-order valence-electron chi connectivity index (χ2n) is 7.76. The summed E-state index contributed by atoms with van der Waals surface area (Å²) in [4.78, 5) is 27.6. The summed E-state index contributed by atoms with van der Waals surface area (Å²) in [6.45, 7) is 5.57. The van der Waals surface area contributed by atoms with E-state index in [0.29, 0.717) is 17.4 Å². The molecule has 3 rings (SSSR count). The first kappa shape index (κ1) is 21.7. The zero-order chi connectivity index (χ0) is 20.8. The van der Waals surface area contributed by atoms with Crippen molar-refractivity contribution >= 4 is 35.2 Å². The summed E-state index contributed by atoms with van der Waals surface area (Å²) >= 11 is 7.60. The fraction of sp³-hybridized carbons (Fsp3) is 0.391. The van der Waals surface area contributed by atoms with Gasteiger partial charge in [0.1, 0.15) is 0 Å². The molecule has 6 heteroatoms. The minimum absolute atomic E-state index is 0.118. The molecule has 29 heavy (non-hydrogen) atoms. The largest absolute Gasteiger partial charge is 0.452 e. The molecular formula is C23H26ClNO3S. The third-order valence-electron chi connectivity index (χ3n) is 4.96. The van der Waals surface area contributed by atoms with Crippen LogP contribution in [-0.2, 0) is 15.3 Å². The molecule has 0 aliphatic carbocycles. The predicted molar refractivity (Wildman–Crippen MR) is 117 cm³/mol. The highest BCUT2D eigenvalue weighted by atomic mass is 35.5. The number of piperidine rings is 1. The van der Waals surface area contributed by atoms with E-state index >= 15 is 0 Å². The molecule has 0 N–H and O–H groups in total. The highest BCUT2D eigenvalue weighted by molar-refractivity contribution is 7.98. The van der Waals surface area contributed by atoms with Gasteiger partial charge in [-0.3, -0.25) is 4.79 Å². The first-order chi connectivity index (χ1) is 13.9. The molecule has 0 spiro atoms. The molecule has 1 aliphatic heterocycles. The molecule has 2 unspecified atom stereocenters. The second-order valence-corrected chi connectivity index (χ2v) is 9.25. The van der Waals surface area contributed by atoms with Crippen LogP contribution in [0.2, 0.25) is 5.02 Å². The number of halogens is 1. The average Bonchev–Trinajstić information content (AvgIpc) is 2.71. The maximum Gasteiger partial charge on any atom is 0.338 e. The van der Waals surface area contributed by atoms with E-state index in [9.17, 15) is 9.59 Å². The Morgan fingerprint density at radius 1 is 1.03 bits per heavy atom. The number of thioether (sulfide) groups is 1. The van der Waals surface area contributed by atoms with Crippen LogP contribution in [-0.4, -0.2) is 36.5 Å². The van der Waals surface area contributed by atoms with Gasteiger partial charge < -0.3 is 9.64 Å². The Morgan fingerprint density at radius 2 is 1.66 bits per heavy atom. The van der Waals surface area contributed by atoms with Gasteiger partial charge in [0.2, 0.25) is 0 Å². The molecule has 0 aromatic heterocycles. The van der Waals surface area contributed by atoms with Crippen molar-refractivity contribution < 1.29 is 14.3 Å². The van der Waals surface area contributed by atoms with Gasteiger partial charge in [-0.1, -0.05) is 37.6 Å². The molecular weight excluding hydrogens is 406 g/mol. The van der Waals surface area contributed by atoms with Crippen molar-refractivity contribution in [2.75, 3.05) is 19.7 Å². The summed E-state index contributed by atoms with van der Waals surface area (Å²) < 4.78 is 5.25. The Bertz CT molecular complexity index is 828. The number of esters is 1. The van der Waals surface area contributed by atoms with Gasteiger partial charge in [0.05, 0.1) is 5.56 Å². The number of ether oxygens (including phenoxy) is 1. The Hall–Kier alpha value is -1.98. The summed E-state index contributed by atoms with van der Waals surface area (Å²) in [6.07, 6.45) is 1.13. The number of carbonyl (C=O) groups excluding carboxylic acids is 2. The summed E-state index contributed by atoms with van der Waals surface area (Å²) in [5.74, 6) is 1.18. The van der Waals surface area contributed by atoms with Crippen molar-refractivity contribution in [2.24, 2.45) is 11.8 Å². The molecule has 1 amide bonds. The van der Waals surface area contributed by atoms with Crippen LogP contribution >= 0.6 is 23.4 Å². The van der Waals surface area contributed by atoms with E-state index in [1.807, 2.05) is 41.3 Å². The lowest BCUT2D eigenvalue weighted by molar-refractivity contribution is -0.137. The van der Waals surface area contributed by atoms with E-state index in [-0.39, 0.29) is 12.5 Å². The molecule has 2 aromatic rings. The predicted octanol–water partition coefficient (Wildman–Crippen LogP) is 5.29. The van der Waals surface area contributed by atoms with Crippen molar-refractivity contribution in [2.45, 2.75) is 30.9 Å². The van der Waals surface area contributed by atoms with Crippen LogP contribution in [0, 0.1) is 11.8 Å². The monoisotopic (exact) mass is 431 g/mol. The number of carbonyl (C=O) groups is 2. The van der Waals surface area contributed by atoms with E-state index in [1.165, 1.54) is 0 Å². The van der Waals surface area contributed by atoms with Crippen molar-refractivity contribution in [3.63, 3.8) is 0 Å². The first-order valence-corrected chi connectivity index (χ1v) is 11.2. The van der Waals surface area contributed by atoms with Crippen molar-refractivity contribution in [3.05, 3.63) is 64.7 Å². The van der Waals surface area contributed by atoms with Crippen molar-refractivity contribution in [3.8, 4) is 0 Å². The van der Waals surface area contributed by atoms with E-state index in [4.69, 9.17) is 16.3 Å². The molecule has 2 aromatic carbocycles. The van der Waals surface area contributed by atoms with E-state index in [1.54, 1.807) is 23.9 Å². The van der Waals surface area contributed by atoms with Crippen LogP contribution in [0.5, 0.6) is 0 Å². The highest BCUT2D eigenvalue weighted by Crippen LogP contribution is 2.24. The second kappa shape index (κ2) is 10.2. The van der Waals surface area contributed by atoms with Crippen LogP contribution in [0.1, 0.15) is 36.2 Å². The van der Waals surface area contributed by atoms with Crippen LogP contribution in [0.3, 0.4) is 0 Å². The third-order valence-corrected chi connectivity index (χ3v) is 6.29. The zero-order valence-corrected chi connectivity index (χ0v) is 18.3. The number of hydrogen-bond acceptors (Lipinski definition) is 4.